The average Bonchev–Trinajstić information content (AvgIpc) is 3.14. The molecular formula is C17H24N4O3S. The summed E-state index contributed by atoms with van der Waals surface area (Å²) < 4.78 is 34.7. The monoisotopic (exact) mass is 364 g/mol. The van der Waals surface area contributed by atoms with Crippen LogP contribution in [0.15, 0.2) is 41.6 Å². The van der Waals surface area contributed by atoms with E-state index in [0.29, 0.717) is 31.9 Å². The van der Waals surface area contributed by atoms with E-state index in [1.807, 2.05) is 29.9 Å². The third-order valence-corrected chi connectivity index (χ3v) is 6.39. The summed E-state index contributed by atoms with van der Waals surface area (Å²) in [6.45, 7) is 5.96. The van der Waals surface area contributed by atoms with Gasteiger partial charge in [-0.25, -0.2) is 8.42 Å². The zero-order valence-corrected chi connectivity index (χ0v) is 15.4. The molecule has 0 radical (unpaired) electrons. The third-order valence-electron chi connectivity index (χ3n) is 4.47. The van der Waals surface area contributed by atoms with Gasteiger partial charge in [-0.3, -0.25) is 9.58 Å². The second-order valence-electron chi connectivity index (χ2n) is 6.17. The first-order chi connectivity index (χ1) is 12.0. The average molecular weight is 364 g/mol. The van der Waals surface area contributed by atoms with Crippen LogP contribution in [0.5, 0.6) is 5.75 Å². The molecule has 0 N–H and O–H groups in total. The maximum atomic E-state index is 13.0. The Bertz CT molecular complexity index is 797. The summed E-state index contributed by atoms with van der Waals surface area (Å²) in [7, 11) is -2.05. The van der Waals surface area contributed by atoms with Gasteiger partial charge in [-0.2, -0.15) is 9.40 Å². The van der Waals surface area contributed by atoms with Crippen molar-refractivity contribution in [1.82, 2.24) is 19.0 Å². The molecule has 1 aliphatic rings. The van der Waals surface area contributed by atoms with Crippen molar-refractivity contribution in [3.63, 3.8) is 0 Å². The minimum atomic E-state index is -3.54. The van der Waals surface area contributed by atoms with Crippen LogP contribution in [0.1, 0.15) is 5.56 Å². The predicted octanol–water partition coefficient (Wildman–Crippen LogP) is 1.21. The first-order valence-corrected chi connectivity index (χ1v) is 9.79. The molecule has 1 saturated heterocycles. The van der Waals surface area contributed by atoms with Gasteiger partial charge in [0.25, 0.3) is 0 Å². The number of hydrogen-bond donors (Lipinski definition) is 0. The molecule has 2 aromatic rings. The summed E-state index contributed by atoms with van der Waals surface area (Å²) in [6.07, 6.45) is 3.70. The fraction of sp³-hybridized carbons (Fsp3) is 0.471. The van der Waals surface area contributed by atoms with Crippen molar-refractivity contribution in [2.24, 2.45) is 0 Å². The Morgan fingerprint density at radius 2 is 1.92 bits per heavy atom. The van der Waals surface area contributed by atoms with Gasteiger partial charge in [0.1, 0.15) is 10.6 Å². The molecule has 1 aromatic carbocycles. The van der Waals surface area contributed by atoms with Crippen molar-refractivity contribution in [3.8, 4) is 5.75 Å². The number of ether oxygens (including phenoxy) is 1. The number of methoxy groups -OCH3 is 1. The first kappa shape index (κ1) is 17.9. The SMILES string of the molecule is COc1ccc(C)cc1S(=O)(=O)N1CCN(CCn2cccn2)CC1. The molecule has 0 atom stereocenters. The number of rotatable bonds is 6. The van der Waals surface area contributed by atoms with Gasteiger partial charge < -0.3 is 4.74 Å². The van der Waals surface area contributed by atoms with E-state index in [4.69, 9.17) is 4.74 Å². The molecule has 0 saturated carbocycles. The Balaban J connectivity index is 1.64. The summed E-state index contributed by atoms with van der Waals surface area (Å²) in [6, 6.07) is 7.14. The van der Waals surface area contributed by atoms with E-state index in [-0.39, 0.29) is 4.90 Å². The standard InChI is InChI=1S/C17H24N4O3S/c1-15-4-5-16(24-2)17(14-15)25(22,23)21-12-9-19(10-13-21)8-11-20-7-3-6-18-20/h3-7,14H,8-13H2,1-2H3. The fourth-order valence-corrected chi connectivity index (χ4v) is 4.66. The Morgan fingerprint density at radius 3 is 2.56 bits per heavy atom. The summed E-state index contributed by atoms with van der Waals surface area (Å²) in [4.78, 5) is 2.52. The lowest BCUT2D eigenvalue weighted by atomic mass is 10.2. The van der Waals surface area contributed by atoms with Gasteiger partial charge in [-0.15, -0.1) is 0 Å². The summed E-state index contributed by atoms with van der Waals surface area (Å²) in [5, 5.41) is 4.19. The van der Waals surface area contributed by atoms with Crippen LogP contribution in [0.25, 0.3) is 0 Å². The highest BCUT2D eigenvalue weighted by Crippen LogP contribution is 2.28. The molecule has 1 aromatic heterocycles. The highest BCUT2D eigenvalue weighted by Gasteiger charge is 2.30. The minimum Gasteiger partial charge on any atom is -0.495 e. The van der Waals surface area contributed by atoms with Gasteiger partial charge in [0.15, 0.2) is 0 Å². The summed E-state index contributed by atoms with van der Waals surface area (Å²) in [5.74, 6) is 0.395. The van der Waals surface area contributed by atoms with Crippen LogP contribution in [-0.2, 0) is 16.6 Å². The lowest BCUT2D eigenvalue weighted by Crippen LogP contribution is -2.49. The number of aromatic nitrogens is 2. The van der Waals surface area contributed by atoms with E-state index in [0.717, 1.165) is 18.7 Å². The fourth-order valence-electron chi connectivity index (χ4n) is 2.99. The molecule has 7 nitrogen and oxygen atoms in total. The van der Waals surface area contributed by atoms with E-state index in [1.165, 1.54) is 7.11 Å². The van der Waals surface area contributed by atoms with Crippen molar-refractivity contribution in [1.29, 1.82) is 0 Å². The van der Waals surface area contributed by atoms with Gasteiger partial charge in [0, 0.05) is 45.1 Å². The second kappa shape index (κ2) is 7.55. The number of sulfonamides is 1. The van der Waals surface area contributed by atoms with E-state index >= 15 is 0 Å². The zero-order chi connectivity index (χ0) is 17.9. The van der Waals surface area contributed by atoms with E-state index in [1.54, 1.807) is 22.6 Å². The molecule has 25 heavy (non-hydrogen) atoms. The topological polar surface area (TPSA) is 67.7 Å². The lowest BCUT2D eigenvalue weighted by molar-refractivity contribution is 0.181. The zero-order valence-electron chi connectivity index (χ0n) is 14.6. The quantitative estimate of drug-likeness (QED) is 0.771. The number of benzene rings is 1. The van der Waals surface area contributed by atoms with Crippen LogP contribution in [-0.4, -0.2) is 67.2 Å². The molecular weight excluding hydrogens is 340 g/mol. The van der Waals surface area contributed by atoms with Gasteiger partial charge in [0.2, 0.25) is 10.0 Å². The van der Waals surface area contributed by atoms with Crippen LogP contribution in [0.4, 0.5) is 0 Å². The van der Waals surface area contributed by atoms with Crippen molar-refractivity contribution in [2.45, 2.75) is 18.4 Å². The molecule has 2 heterocycles. The third kappa shape index (κ3) is 4.02. The smallest absolute Gasteiger partial charge is 0.246 e. The highest BCUT2D eigenvalue weighted by molar-refractivity contribution is 7.89. The molecule has 0 amide bonds. The first-order valence-electron chi connectivity index (χ1n) is 8.35. The molecule has 0 bridgehead atoms. The Hall–Kier alpha value is -1.90. The Morgan fingerprint density at radius 1 is 1.16 bits per heavy atom. The lowest BCUT2D eigenvalue weighted by Gasteiger charge is -2.34. The molecule has 0 spiro atoms. The molecule has 0 aliphatic carbocycles. The van der Waals surface area contributed by atoms with E-state index in [9.17, 15) is 8.42 Å². The maximum absolute atomic E-state index is 13.0. The second-order valence-corrected chi connectivity index (χ2v) is 8.08. The molecule has 136 valence electrons. The van der Waals surface area contributed by atoms with Gasteiger partial charge >= 0.3 is 0 Å². The molecule has 3 rings (SSSR count). The largest absolute Gasteiger partial charge is 0.495 e. The summed E-state index contributed by atoms with van der Waals surface area (Å²) >= 11 is 0. The van der Waals surface area contributed by atoms with Crippen LogP contribution in [0.3, 0.4) is 0 Å². The van der Waals surface area contributed by atoms with Crippen molar-refractivity contribution >= 4 is 10.0 Å². The molecule has 8 heteroatoms. The van der Waals surface area contributed by atoms with Crippen molar-refractivity contribution in [3.05, 3.63) is 42.2 Å². The predicted molar refractivity (Wildman–Crippen MR) is 95.2 cm³/mol. The van der Waals surface area contributed by atoms with Crippen molar-refractivity contribution < 1.29 is 13.2 Å². The molecule has 0 unspecified atom stereocenters. The minimum absolute atomic E-state index is 0.250. The number of aryl methyl sites for hydroxylation is 1. The maximum Gasteiger partial charge on any atom is 0.246 e. The van der Waals surface area contributed by atoms with Crippen molar-refractivity contribution in [2.75, 3.05) is 39.8 Å². The van der Waals surface area contributed by atoms with Crippen LogP contribution in [0.2, 0.25) is 0 Å². The van der Waals surface area contributed by atoms with Crippen LogP contribution >= 0.6 is 0 Å². The number of piperazine rings is 1. The van der Waals surface area contributed by atoms with Gasteiger partial charge in [-0.1, -0.05) is 6.07 Å². The molecule has 1 fully saturated rings. The van der Waals surface area contributed by atoms with Gasteiger partial charge in [-0.05, 0) is 30.7 Å². The van der Waals surface area contributed by atoms with E-state index in [2.05, 4.69) is 10.00 Å². The van der Waals surface area contributed by atoms with Crippen LogP contribution in [0, 0.1) is 6.92 Å². The van der Waals surface area contributed by atoms with Gasteiger partial charge in [0.05, 0.1) is 13.7 Å². The number of nitrogens with zero attached hydrogens (tertiary/aromatic N) is 4. The highest BCUT2D eigenvalue weighted by atomic mass is 32.2. The molecule has 1 aliphatic heterocycles. The van der Waals surface area contributed by atoms with Crippen LogP contribution < -0.4 is 4.74 Å². The van der Waals surface area contributed by atoms with E-state index < -0.39 is 10.0 Å². The number of hydrogen-bond acceptors (Lipinski definition) is 5. The Kier molecular flexibility index (Phi) is 5.41. The summed E-state index contributed by atoms with van der Waals surface area (Å²) in [5.41, 5.74) is 0.900. The Labute approximate surface area is 148 Å². The normalized spacial score (nSPS) is 16.9.